The van der Waals surface area contributed by atoms with E-state index in [0.717, 1.165) is 10.1 Å². The molecule has 1 aromatic heterocycles. The van der Waals surface area contributed by atoms with Crippen molar-refractivity contribution in [2.75, 3.05) is 11.6 Å². The quantitative estimate of drug-likeness (QED) is 0.312. The predicted octanol–water partition coefficient (Wildman–Crippen LogP) is 6.80. The molecule has 4 aromatic rings. The maximum atomic E-state index is 12.8. The Balaban J connectivity index is 1.53. The van der Waals surface area contributed by atoms with Gasteiger partial charge in [-0.2, -0.15) is 0 Å². The summed E-state index contributed by atoms with van der Waals surface area (Å²) in [5.41, 5.74) is 1.17. The molecule has 0 aliphatic heterocycles. The van der Waals surface area contributed by atoms with E-state index >= 15 is 0 Å². The Morgan fingerprint density at radius 2 is 1.69 bits per heavy atom. The molecule has 0 aliphatic rings. The van der Waals surface area contributed by atoms with Crippen LogP contribution in [0, 0.1) is 0 Å². The molecule has 1 N–H and O–H groups in total. The molecule has 0 aliphatic carbocycles. The minimum atomic E-state index is -3.14. The average molecular weight is 506 g/mol. The number of ether oxygens (including phenoxy) is 1. The van der Waals surface area contributed by atoms with Crippen molar-refractivity contribution >= 4 is 66.1 Å². The molecule has 9 heteroatoms. The molecule has 0 bridgehead atoms. The van der Waals surface area contributed by atoms with E-state index in [-0.39, 0.29) is 11.7 Å². The van der Waals surface area contributed by atoms with Crippen LogP contribution in [0.5, 0.6) is 11.5 Å². The number of nitrogens with one attached hydrogen (secondary N) is 1. The SMILES string of the molecule is CS(=O)(=O)Cc1ccc2sc(C(=O)Nc3cc(Cl)cc(Oc4ccc(Cl)cc4)c3)cc2c1. The van der Waals surface area contributed by atoms with Crippen LogP contribution in [0.3, 0.4) is 0 Å². The van der Waals surface area contributed by atoms with Gasteiger partial charge in [0, 0.05) is 32.8 Å². The third-order valence-corrected chi connectivity index (χ3v) is 6.85. The minimum Gasteiger partial charge on any atom is -0.457 e. The van der Waals surface area contributed by atoms with E-state index in [2.05, 4.69) is 5.32 Å². The van der Waals surface area contributed by atoms with Gasteiger partial charge in [-0.3, -0.25) is 4.79 Å². The van der Waals surface area contributed by atoms with E-state index in [0.29, 0.717) is 37.7 Å². The molecule has 0 fully saturated rings. The van der Waals surface area contributed by atoms with Gasteiger partial charge in [0.2, 0.25) is 0 Å². The fourth-order valence-corrected chi connectivity index (χ4v) is 5.20. The van der Waals surface area contributed by atoms with E-state index in [9.17, 15) is 13.2 Å². The highest BCUT2D eigenvalue weighted by molar-refractivity contribution is 7.89. The Bertz CT molecular complexity index is 1410. The summed E-state index contributed by atoms with van der Waals surface area (Å²) in [4.78, 5) is 13.3. The first-order valence-electron chi connectivity index (χ1n) is 9.40. The monoisotopic (exact) mass is 505 g/mol. The van der Waals surface area contributed by atoms with E-state index < -0.39 is 9.84 Å². The number of benzene rings is 3. The number of amides is 1. The predicted molar refractivity (Wildman–Crippen MR) is 131 cm³/mol. The molecule has 0 saturated heterocycles. The van der Waals surface area contributed by atoms with Gasteiger partial charge in [-0.15, -0.1) is 11.3 Å². The number of sulfone groups is 1. The lowest BCUT2D eigenvalue weighted by Crippen LogP contribution is -2.10. The van der Waals surface area contributed by atoms with Crippen molar-refractivity contribution in [3.05, 3.63) is 87.2 Å². The molecule has 0 atom stereocenters. The number of anilines is 1. The number of hydrogen-bond donors (Lipinski definition) is 1. The van der Waals surface area contributed by atoms with Crippen LogP contribution in [0.1, 0.15) is 15.2 Å². The molecule has 0 saturated carbocycles. The van der Waals surface area contributed by atoms with E-state index in [1.54, 1.807) is 60.7 Å². The zero-order chi connectivity index (χ0) is 22.9. The number of thiophene rings is 1. The Morgan fingerprint density at radius 1 is 0.938 bits per heavy atom. The molecule has 0 spiro atoms. The number of carbonyl (C=O) groups excluding carboxylic acids is 1. The second-order valence-corrected chi connectivity index (χ2v) is 11.3. The van der Waals surface area contributed by atoms with Crippen molar-refractivity contribution in [3.63, 3.8) is 0 Å². The smallest absolute Gasteiger partial charge is 0.265 e. The first-order chi connectivity index (χ1) is 15.1. The first-order valence-corrected chi connectivity index (χ1v) is 13.0. The van der Waals surface area contributed by atoms with Gasteiger partial charge >= 0.3 is 0 Å². The lowest BCUT2D eigenvalue weighted by atomic mass is 10.2. The first kappa shape index (κ1) is 22.6. The summed E-state index contributed by atoms with van der Waals surface area (Å²) in [6.45, 7) is 0. The fourth-order valence-electron chi connectivity index (χ4n) is 3.12. The Labute approximate surface area is 199 Å². The molecule has 164 valence electrons. The Morgan fingerprint density at radius 3 is 2.41 bits per heavy atom. The van der Waals surface area contributed by atoms with Gasteiger partial charge in [-0.05, 0) is 65.5 Å². The highest BCUT2D eigenvalue weighted by Gasteiger charge is 2.13. The lowest BCUT2D eigenvalue weighted by molar-refractivity contribution is 0.103. The van der Waals surface area contributed by atoms with Gasteiger partial charge in [0.15, 0.2) is 9.84 Å². The van der Waals surface area contributed by atoms with Crippen LogP contribution in [-0.2, 0) is 15.6 Å². The van der Waals surface area contributed by atoms with Crippen LogP contribution in [0.2, 0.25) is 10.0 Å². The Hall–Kier alpha value is -2.58. The fraction of sp³-hybridized carbons (Fsp3) is 0.0870. The van der Waals surface area contributed by atoms with Gasteiger partial charge in [-0.1, -0.05) is 29.3 Å². The molecule has 1 heterocycles. The number of fused-ring (bicyclic) bond motifs is 1. The van der Waals surface area contributed by atoms with Crippen LogP contribution in [0.4, 0.5) is 5.69 Å². The number of hydrogen-bond acceptors (Lipinski definition) is 5. The summed E-state index contributed by atoms with van der Waals surface area (Å²) in [7, 11) is -3.14. The minimum absolute atomic E-state index is 0.0424. The molecule has 0 radical (unpaired) electrons. The maximum absolute atomic E-state index is 12.8. The maximum Gasteiger partial charge on any atom is 0.265 e. The summed E-state index contributed by atoms with van der Waals surface area (Å²) in [6.07, 6.45) is 1.19. The van der Waals surface area contributed by atoms with Gasteiger partial charge in [0.1, 0.15) is 11.5 Å². The van der Waals surface area contributed by atoms with Crippen molar-refractivity contribution in [1.29, 1.82) is 0 Å². The zero-order valence-electron chi connectivity index (χ0n) is 16.8. The van der Waals surface area contributed by atoms with Gasteiger partial charge < -0.3 is 10.1 Å². The number of halogens is 2. The summed E-state index contributed by atoms with van der Waals surface area (Å²) in [5, 5.41) is 4.67. The van der Waals surface area contributed by atoms with Crippen LogP contribution >= 0.6 is 34.5 Å². The van der Waals surface area contributed by atoms with Gasteiger partial charge in [-0.25, -0.2) is 8.42 Å². The van der Waals surface area contributed by atoms with Crippen LogP contribution in [0.15, 0.2) is 66.7 Å². The largest absolute Gasteiger partial charge is 0.457 e. The summed E-state index contributed by atoms with van der Waals surface area (Å²) in [6, 6.07) is 19.0. The molecular formula is C23H17Cl2NO4S2. The zero-order valence-corrected chi connectivity index (χ0v) is 19.9. The molecule has 3 aromatic carbocycles. The number of rotatable bonds is 6. The van der Waals surface area contributed by atoms with Gasteiger partial charge in [0.25, 0.3) is 5.91 Å². The average Bonchev–Trinajstić information content (AvgIpc) is 3.12. The molecule has 32 heavy (non-hydrogen) atoms. The van der Waals surface area contributed by atoms with Crippen molar-refractivity contribution in [3.8, 4) is 11.5 Å². The van der Waals surface area contributed by atoms with E-state index in [4.69, 9.17) is 27.9 Å². The molecule has 5 nitrogen and oxygen atoms in total. The topological polar surface area (TPSA) is 72.5 Å². The third-order valence-electron chi connectivity index (χ3n) is 4.41. The van der Waals surface area contributed by atoms with Crippen molar-refractivity contribution in [2.45, 2.75) is 5.75 Å². The second-order valence-electron chi connectivity index (χ2n) is 7.24. The van der Waals surface area contributed by atoms with Crippen LogP contribution < -0.4 is 10.1 Å². The molecule has 1 amide bonds. The number of carbonyl (C=O) groups is 1. The lowest BCUT2D eigenvalue weighted by Gasteiger charge is -2.10. The molecule has 4 rings (SSSR count). The summed E-state index contributed by atoms with van der Waals surface area (Å²) in [5.74, 6) is 0.718. The highest BCUT2D eigenvalue weighted by atomic mass is 35.5. The second kappa shape index (κ2) is 9.11. The summed E-state index contributed by atoms with van der Waals surface area (Å²) >= 11 is 13.4. The van der Waals surface area contributed by atoms with Crippen molar-refractivity contribution in [2.24, 2.45) is 0 Å². The van der Waals surface area contributed by atoms with E-state index in [1.165, 1.54) is 17.6 Å². The van der Waals surface area contributed by atoms with Crippen molar-refractivity contribution < 1.29 is 17.9 Å². The molecule has 0 unspecified atom stereocenters. The Kier molecular flexibility index (Phi) is 6.44. The van der Waals surface area contributed by atoms with Crippen molar-refractivity contribution in [1.82, 2.24) is 0 Å². The van der Waals surface area contributed by atoms with Gasteiger partial charge in [0.05, 0.1) is 10.6 Å². The van der Waals surface area contributed by atoms with E-state index in [1.807, 2.05) is 6.07 Å². The normalized spacial score (nSPS) is 11.5. The highest BCUT2D eigenvalue weighted by Crippen LogP contribution is 2.31. The standard InChI is InChI=1S/C23H17Cl2NO4S2/c1-32(28,29)13-14-2-7-21-15(8-14)9-22(31-21)23(27)26-18-10-17(25)11-20(12-18)30-19-5-3-16(24)4-6-19/h2-12H,13H2,1H3,(H,26,27). The van der Waals surface area contributed by atoms with Crippen LogP contribution in [0.25, 0.3) is 10.1 Å². The molecular weight excluding hydrogens is 489 g/mol. The summed E-state index contributed by atoms with van der Waals surface area (Å²) < 4.78 is 29.8. The third kappa shape index (κ3) is 5.81. The van der Waals surface area contributed by atoms with Crippen LogP contribution in [-0.4, -0.2) is 20.6 Å².